The van der Waals surface area contributed by atoms with Gasteiger partial charge in [-0.3, -0.25) is 9.59 Å². The van der Waals surface area contributed by atoms with Crippen LogP contribution in [-0.4, -0.2) is 54.9 Å². The number of nitrogens with zero attached hydrogens (tertiary/aromatic N) is 1. The fourth-order valence-electron chi connectivity index (χ4n) is 0.963. The minimum absolute atomic E-state index is 0. The normalized spacial score (nSPS) is 12.6. The Bertz CT molecular complexity index is 268. The van der Waals surface area contributed by atoms with Crippen LogP contribution in [0.3, 0.4) is 0 Å². The largest absolute Gasteiger partial charge is 1.00 e. The molecule has 0 spiro atoms. The first-order valence-electron chi connectivity index (χ1n) is 4.37. The quantitative estimate of drug-likeness (QED) is 0.310. The molecule has 0 aromatic carbocycles. The van der Waals surface area contributed by atoms with E-state index in [-0.39, 0.29) is 24.5 Å². The van der Waals surface area contributed by atoms with Crippen LogP contribution in [0.5, 0.6) is 0 Å². The molecule has 0 radical (unpaired) electrons. The third-order valence-electron chi connectivity index (χ3n) is 1.63. The summed E-state index contributed by atoms with van der Waals surface area (Å²) < 4.78 is 0.427. The number of aliphatic hydroxyl groups is 1. The van der Waals surface area contributed by atoms with E-state index in [2.05, 4.69) is 6.58 Å². The number of aliphatic hydroxyl groups excluding tert-OH is 1. The van der Waals surface area contributed by atoms with Gasteiger partial charge < -0.3 is 22.0 Å². The smallest absolute Gasteiger partial charge is 0.237 e. The lowest BCUT2D eigenvalue weighted by atomic mass is 10.1. The number of ketones is 2. The van der Waals surface area contributed by atoms with E-state index in [9.17, 15) is 14.7 Å². The Balaban J connectivity index is 0. The summed E-state index contributed by atoms with van der Waals surface area (Å²) in [6, 6.07) is 0. The van der Waals surface area contributed by atoms with E-state index in [1.54, 1.807) is 0 Å². The zero-order chi connectivity index (χ0) is 11.5. The maximum atomic E-state index is 11.3. The maximum absolute atomic E-state index is 11.3. The zero-order valence-electron chi connectivity index (χ0n) is 9.58. The molecule has 0 aliphatic heterocycles. The van der Waals surface area contributed by atoms with E-state index >= 15 is 0 Å². The van der Waals surface area contributed by atoms with E-state index in [0.717, 1.165) is 0 Å². The van der Waals surface area contributed by atoms with Crippen molar-refractivity contribution >= 4 is 11.6 Å². The Morgan fingerprint density at radius 3 is 2.00 bits per heavy atom. The predicted octanol–water partition coefficient (Wildman–Crippen LogP) is -3.23. The van der Waals surface area contributed by atoms with Crippen molar-refractivity contribution in [1.82, 2.24) is 0 Å². The molecule has 1 unspecified atom stereocenters. The summed E-state index contributed by atoms with van der Waals surface area (Å²) in [5.74, 6) is -1.46. The number of carbonyl (C=O) groups is 2. The van der Waals surface area contributed by atoms with E-state index in [0.29, 0.717) is 4.48 Å². The van der Waals surface area contributed by atoms with Gasteiger partial charge in [-0.2, -0.15) is 0 Å². The minimum Gasteiger partial charge on any atom is -1.00 e. The molecule has 0 bridgehead atoms. The van der Waals surface area contributed by atoms with Crippen LogP contribution in [0.25, 0.3) is 0 Å². The summed E-state index contributed by atoms with van der Waals surface area (Å²) >= 11 is 0. The number of likely N-dealkylation sites (N-methyl/N-ethyl adjacent to an activating group) is 1. The van der Waals surface area contributed by atoms with Crippen molar-refractivity contribution in [3.63, 3.8) is 0 Å². The second kappa shape index (κ2) is 6.00. The summed E-state index contributed by atoms with van der Waals surface area (Å²) in [5, 5.41) is 9.45. The Hall–Kier alpha value is -0.710. The molecule has 0 aromatic heterocycles. The van der Waals surface area contributed by atoms with Gasteiger partial charge in [-0.1, -0.05) is 6.58 Å². The number of carbonyl (C=O) groups excluding carboxylic acids is 2. The van der Waals surface area contributed by atoms with Gasteiger partial charge in [0.2, 0.25) is 11.6 Å². The number of hydrogen-bond acceptors (Lipinski definition) is 3. The van der Waals surface area contributed by atoms with Gasteiger partial charge in [0, 0.05) is 0 Å². The fraction of sp³-hybridized carbons (Fsp3) is 0.600. The monoisotopic (exact) mass is 235 g/mol. The number of Topliss-reactive ketones (excluding diaryl/α,β-unsaturated/α-hetero) is 2. The summed E-state index contributed by atoms with van der Waals surface area (Å²) in [7, 11) is 5.51. The lowest BCUT2D eigenvalue weighted by Crippen LogP contribution is -3.00. The Labute approximate surface area is 96.6 Å². The highest BCUT2D eigenvalue weighted by atomic mass is 35.5. The molecule has 0 aliphatic carbocycles. The molecule has 88 valence electrons. The van der Waals surface area contributed by atoms with Crippen molar-refractivity contribution in [3.05, 3.63) is 12.2 Å². The molecule has 0 saturated carbocycles. The van der Waals surface area contributed by atoms with Gasteiger partial charge in [0.15, 0.2) is 6.10 Å². The molecule has 0 rings (SSSR count). The van der Waals surface area contributed by atoms with Crippen molar-refractivity contribution in [3.8, 4) is 0 Å². The van der Waals surface area contributed by atoms with Crippen molar-refractivity contribution < 1.29 is 31.6 Å². The molecule has 0 aliphatic rings. The molecule has 0 heterocycles. The topological polar surface area (TPSA) is 54.4 Å². The molecule has 4 nitrogen and oxygen atoms in total. The average Bonchev–Trinajstić information content (AvgIpc) is 1.98. The van der Waals surface area contributed by atoms with Gasteiger partial charge in [-0.15, -0.1) is 0 Å². The van der Waals surface area contributed by atoms with Gasteiger partial charge in [-0.05, 0) is 12.5 Å². The fourth-order valence-corrected chi connectivity index (χ4v) is 0.963. The van der Waals surface area contributed by atoms with Gasteiger partial charge in [0.25, 0.3) is 0 Å². The zero-order valence-corrected chi connectivity index (χ0v) is 10.3. The van der Waals surface area contributed by atoms with Crippen LogP contribution in [0.15, 0.2) is 12.2 Å². The molecule has 15 heavy (non-hydrogen) atoms. The van der Waals surface area contributed by atoms with Crippen molar-refractivity contribution in [1.29, 1.82) is 0 Å². The standard InChI is InChI=1S/C10H18NO3.ClH/c1-7(2)9(13)10(14)8(12)6-11(3,4)5;/h8,12H,1,6H2,2-5H3;1H/q+1;/p-1. The minimum atomic E-state index is -1.24. The van der Waals surface area contributed by atoms with Crippen molar-refractivity contribution in [2.24, 2.45) is 0 Å². The molecule has 0 fully saturated rings. The molecule has 5 heteroatoms. The van der Waals surface area contributed by atoms with Crippen LogP contribution >= 0.6 is 0 Å². The average molecular weight is 236 g/mol. The van der Waals surface area contributed by atoms with E-state index in [4.69, 9.17) is 0 Å². The second-order valence-corrected chi connectivity index (χ2v) is 4.46. The van der Waals surface area contributed by atoms with Crippen molar-refractivity contribution in [2.45, 2.75) is 13.0 Å². The van der Waals surface area contributed by atoms with E-state index in [1.807, 2.05) is 21.1 Å². The maximum Gasteiger partial charge on any atom is 0.237 e. The first-order valence-corrected chi connectivity index (χ1v) is 4.37. The highest BCUT2D eigenvalue weighted by Gasteiger charge is 2.27. The molecular weight excluding hydrogens is 218 g/mol. The first-order chi connectivity index (χ1) is 6.15. The summed E-state index contributed by atoms with van der Waals surface area (Å²) in [6.45, 7) is 5.05. The number of quaternary nitrogens is 1. The lowest BCUT2D eigenvalue weighted by molar-refractivity contribution is -0.872. The van der Waals surface area contributed by atoms with Gasteiger partial charge in [0.1, 0.15) is 6.54 Å². The summed E-state index contributed by atoms with van der Waals surface area (Å²) in [6.07, 6.45) is -1.24. The van der Waals surface area contributed by atoms with Crippen LogP contribution in [0.4, 0.5) is 0 Å². The number of halogens is 1. The Morgan fingerprint density at radius 2 is 1.73 bits per heavy atom. The first kappa shape index (κ1) is 16.7. The van der Waals surface area contributed by atoms with E-state index < -0.39 is 17.7 Å². The summed E-state index contributed by atoms with van der Waals surface area (Å²) in [5.41, 5.74) is 0.162. The summed E-state index contributed by atoms with van der Waals surface area (Å²) in [4.78, 5) is 22.4. The highest BCUT2D eigenvalue weighted by molar-refractivity contribution is 6.44. The predicted molar refractivity (Wildman–Crippen MR) is 53.7 cm³/mol. The SMILES string of the molecule is C=C(C)C(=O)C(=O)C(O)C[N+](C)(C)C.[Cl-]. The molecule has 1 N–H and O–H groups in total. The third-order valence-corrected chi connectivity index (χ3v) is 1.63. The molecular formula is C10H18ClNO3. The van der Waals surface area contributed by atoms with Crippen LogP contribution in [0.1, 0.15) is 6.92 Å². The molecule has 1 atom stereocenters. The second-order valence-electron chi connectivity index (χ2n) is 4.46. The number of hydrogen-bond donors (Lipinski definition) is 1. The highest BCUT2D eigenvalue weighted by Crippen LogP contribution is 2.00. The number of rotatable bonds is 5. The Morgan fingerprint density at radius 1 is 1.33 bits per heavy atom. The third kappa shape index (κ3) is 6.38. The van der Waals surface area contributed by atoms with Crippen molar-refractivity contribution in [2.75, 3.05) is 27.7 Å². The molecule has 0 amide bonds. The lowest BCUT2D eigenvalue weighted by Gasteiger charge is -2.25. The van der Waals surface area contributed by atoms with Crippen LogP contribution in [-0.2, 0) is 9.59 Å². The van der Waals surface area contributed by atoms with Crippen LogP contribution in [0, 0.1) is 0 Å². The van der Waals surface area contributed by atoms with Crippen LogP contribution in [0.2, 0.25) is 0 Å². The molecule has 0 aromatic rings. The van der Waals surface area contributed by atoms with Gasteiger partial charge in [-0.25, -0.2) is 0 Å². The molecule has 0 saturated heterocycles. The van der Waals surface area contributed by atoms with Crippen LogP contribution < -0.4 is 12.4 Å². The van der Waals surface area contributed by atoms with Gasteiger partial charge in [0.05, 0.1) is 21.1 Å². The number of allylic oxidation sites excluding steroid dienone is 1. The van der Waals surface area contributed by atoms with Gasteiger partial charge >= 0.3 is 0 Å². The van der Waals surface area contributed by atoms with E-state index in [1.165, 1.54) is 6.92 Å². The Kier molecular flexibility index (Phi) is 6.68.